The lowest BCUT2D eigenvalue weighted by Gasteiger charge is -2.10. The number of benzene rings is 2. The van der Waals surface area contributed by atoms with Gasteiger partial charge in [0.15, 0.2) is 0 Å². The van der Waals surface area contributed by atoms with E-state index in [2.05, 4.69) is 4.98 Å². The maximum Gasteiger partial charge on any atom is 0.268 e. The van der Waals surface area contributed by atoms with E-state index in [4.69, 9.17) is 9.47 Å². The molecule has 0 radical (unpaired) electrons. The van der Waals surface area contributed by atoms with Crippen LogP contribution in [0.4, 0.5) is 0 Å². The third-order valence-corrected chi connectivity index (χ3v) is 6.10. The first kappa shape index (κ1) is 18.1. The molecule has 0 amide bonds. The third-order valence-electron chi connectivity index (χ3n) is 4.40. The van der Waals surface area contributed by atoms with Crippen LogP contribution in [-0.2, 0) is 16.6 Å². The van der Waals surface area contributed by atoms with Crippen LogP contribution in [0.3, 0.4) is 0 Å². The molecule has 0 aliphatic heterocycles. The second kappa shape index (κ2) is 7.36. The maximum absolute atomic E-state index is 13.0. The van der Waals surface area contributed by atoms with Crippen LogP contribution in [0.15, 0.2) is 84.1 Å². The van der Waals surface area contributed by atoms with Crippen LogP contribution >= 0.6 is 0 Å². The number of pyridine rings is 1. The average molecular weight is 394 g/mol. The van der Waals surface area contributed by atoms with Crippen molar-refractivity contribution in [1.82, 2.24) is 8.96 Å². The second-order valence-corrected chi connectivity index (χ2v) is 7.97. The van der Waals surface area contributed by atoms with Crippen molar-refractivity contribution in [2.45, 2.75) is 11.5 Å². The van der Waals surface area contributed by atoms with Gasteiger partial charge in [0.2, 0.25) is 0 Å². The fourth-order valence-corrected chi connectivity index (χ4v) is 4.25. The highest BCUT2D eigenvalue weighted by Crippen LogP contribution is 2.26. The molecule has 4 rings (SSSR count). The molecule has 28 heavy (non-hydrogen) atoms. The summed E-state index contributed by atoms with van der Waals surface area (Å²) < 4.78 is 38.2. The summed E-state index contributed by atoms with van der Waals surface area (Å²) in [5, 5.41) is 0.792. The van der Waals surface area contributed by atoms with Crippen LogP contribution in [0.1, 0.15) is 5.56 Å². The second-order valence-electron chi connectivity index (χ2n) is 6.16. The van der Waals surface area contributed by atoms with Crippen LogP contribution in [-0.4, -0.2) is 24.5 Å². The Bertz CT molecular complexity index is 1200. The minimum atomic E-state index is -3.71. The van der Waals surface area contributed by atoms with E-state index in [0.29, 0.717) is 23.6 Å². The summed E-state index contributed by atoms with van der Waals surface area (Å²) in [6, 6.07) is 17.2. The lowest BCUT2D eigenvalue weighted by Crippen LogP contribution is -2.11. The highest BCUT2D eigenvalue weighted by molar-refractivity contribution is 7.90. The number of nitrogens with zero attached hydrogens (tertiary/aromatic N) is 2. The van der Waals surface area contributed by atoms with Gasteiger partial charge in [-0.1, -0.05) is 0 Å². The molecule has 142 valence electrons. The Morgan fingerprint density at radius 1 is 0.929 bits per heavy atom. The Kier molecular flexibility index (Phi) is 4.75. The summed E-state index contributed by atoms with van der Waals surface area (Å²) >= 11 is 0. The van der Waals surface area contributed by atoms with Crippen molar-refractivity contribution in [1.29, 1.82) is 0 Å². The van der Waals surface area contributed by atoms with Crippen molar-refractivity contribution in [3.05, 3.63) is 84.8 Å². The molecule has 0 aliphatic rings. The topological polar surface area (TPSA) is 70.4 Å². The van der Waals surface area contributed by atoms with Crippen molar-refractivity contribution >= 4 is 20.9 Å². The van der Waals surface area contributed by atoms with Gasteiger partial charge in [0.05, 0.1) is 17.5 Å². The standard InChI is InChI=1S/C21H18N2O4S/c1-26-19-4-7-21-17(14-19)10-13-23(21)28(24,25)20-5-2-18(3-6-20)27-15-16-8-11-22-12-9-16/h2-14H,15H2,1H3. The molecule has 0 spiro atoms. The molecule has 6 nitrogen and oxygen atoms in total. The molecule has 4 aromatic rings. The number of aromatic nitrogens is 2. The highest BCUT2D eigenvalue weighted by Gasteiger charge is 2.19. The molecule has 2 aromatic heterocycles. The van der Waals surface area contributed by atoms with Crippen LogP contribution in [0, 0.1) is 0 Å². The molecular formula is C21H18N2O4S. The van der Waals surface area contributed by atoms with Gasteiger partial charge >= 0.3 is 0 Å². The van der Waals surface area contributed by atoms with Gasteiger partial charge in [0.1, 0.15) is 18.1 Å². The fourth-order valence-electron chi connectivity index (χ4n) is 2.90. The summed E-state index contributed by atoms with van der Waals surface area (Å²) in [4.78, 5) is 4.15. The van der Waals surface area contributed by atoms with E-state index < -0.39 is 10.0 Å². The Morgan fingerprint density at radius 3 is 2.36 bits per heavy atom. The molecule has 7 heteroatoms. The number of fused-ring (bicyclic) bond motifs is 1. The highest BCUT2D eigenvalue weighted by atomic mass is 32.2. The quantitative estimate of drug-likeness (QED) is 0.497. The molecule has 0 saturated heterocycles. The van der Waals surface area contributed by atoms with Crippen LogP contribution in [0.5, 0.6) is 11.5 Å². The first-order chi connectivity index (χ1) is 13.6. The van der Waals surface area contributed by atoms with Crippen molar-refractivity contribution in [3.63, 3.8) is 0 Å². The van der Waals surface area contributed by atoms with Gasteiger partial charge < -0.3 is 9.47 Å². The normalized spacial score (nSPS) is 11.5. The predicted octanol–water partition coefficient (Wildman–Crippen LogP) is 3.86. The van der Waals surface area contributed by atoms with Gasteiger partial charge in [-0.3, -0.25) is 4.98 Å². The first-order valence-electron chi connectivity index (χ1n) is 8.60. The summed E-state index contributed by atoms with van der Waals surface area (Å²) in [5.74, 6) is 1.27. The Hall–Kier alpha value is -3.32. The van der Waals surface area contributed by atoms with E-state index in [1.54, 1.807) is 74.2 Å². The van der Waals surface area contributed by atoms with Crippen molar-refractivity contribution in [3.8, 4) is 11.5 Å². The molecule has 0 atom stereocenters. The Balaban J connectivity index is 1.58. The van der Waals surface area contributed by atoms with Gasteiger partial charge in [0.25, 0.3) is 10.0 Å². The van der Waals surface area contributed by atoms with Gasteiger partial charge in [-0.25, -0.2) is 12.4 Å². The van der Waals surface area contributed by atoms with E-state index in [9.17, 15) is 8.42 Å². The Labute approximate surface area is 163 Å². The number of ether oxygens (including phenoxy) is 2. The van der Waals surface area contributed by atoms with Crippen LogP contribution < -0.4 is 9.47 Å². The fraction of sp³-hybridized carbons (Fsp3) is 0.0952. The molecule has 2 aromatic carbocycles. The zero-order valence-corrected chi connectivity index (χ0v) is 16.0. The monoisotopic (exact) mass is 394 g/mol. The first-order valence-corrected chi connectivity index (χ1v) is 10.0. The summed E-state index contributed by atoms with van der Waals surface area (Å²) in [5.41, 5.74) is 1.58. The van der Waals surface area contributed by atoms with Gasteiger partial charge in [-0.2, -0.15) is 0 Å². The van der Waals surface area contributed by atoms with Gasteiger partial charge in [0, 0.05) is 24.0 Å². The molecule has 0 N–H and O–H groups in total. The summed E-state index contributed by atoms with van der Waals surface area (Å²) in [6.07, 6.45) is 4.95. The van der Waals surface area contributed by atoms with Gasteiger partial charge in [-0.15, -0.1) is 0 Å². The minimum Gasteiger partial charge on any atom is -0.497 e. The molecule has 0 saturated carbocycles. The lowest BCUT2D eigenvalue weighted by molar-refractivity contribution is 0.306. The average Bonchev–Trinajstić information content (AvgIpc) is 3.17. The number of hydrogen-bond donors (Lipinski definition) is 0. The summed E-state index contributed by atoms with van der Waals surface area (Å²) in [7, 11) is -2.14. The lowest BCUT2D eigenvalue weighted by atomic mass is 10.2. The van der Waals surface area contributed by atoms with E-state index in [0.717, 1.165) is 10.9 Å². The van der Waals surface area contributed by atoms with E-state index in [1.165, 1.54) is 3.97 Å². The predicted molar refractivity (Wildman–Crippen MR) is 106 cm³/mol. The number of methoxy groups -OCH3 is 1. The van der Waals surface area contributed by atoms with Crippen molar-refractivity contribution in [2.24, 2.45) is 0 Å². The molecule has 0 bridgehead atoms. The SMILES string of the molecule is COc1ccc2c(ccn2S(=O)(=O)c2ccc(OCc3ccncc3)cc2)c1. The molecule has 2 heterocycles. The van der Waals surface area contributed by atoms with Crippen molar-refractivity contribution < 1.29 is 17.9 Å². The number of rotatable bonds is 6. The smallest absolute Gasteiger partial charge is 0.268 e. The maximum atomic E-state index is 13.0. The zero-order valence-electron chi connectivity index (χ0n) is 15.1. The largest absolute Gasteiger partial charge is 0.497 e. The van der Waals surface area contributed by atoms with Crippen LogP contribution in [0.2, 0.25) is 0 Å². The van der Waals surface area contributed by atoms with E-state index in [1.807, 2.05) is 12.1 Å². The van der Waals surface area contributed by atoms with Crippen molar-refractivity contribution in [2.75, 3.05) is 7.11 Å². The minimum absolute atomic E-state index is 0.192. The molecule has 0 unspecified atom stereocenters. The third kappa shape index (κ3) is 3.44. The molecular weight excluding hydrogens is 376 g/mol. The number of hydrogen-bond acceptors (Lipinski definition) is 5. The summed E-state index contributed by atoms with van der Waals surface area (Å²) in [6.45, 7) is 0.388. The van der Waals surface area contributed by atoms with E-state index >= 15 is 0 Å². The Morgan fingerprint density at radius 2 is 1.64 bits per heavy atom. The van der Waals surface area contributed by atoms with E-state index in [-0.39, 0.29) is 4.90 Å². The molecule has 0 aliphatic carbocycles. The van der Waals surface area contributed by atoms with Gasteiger partial charge in [-0.05, 0) is 66.2 Å². The van der Waals surface area contributed by atoms with Crippen LogP contribution in [0.25, 0.3) is 10.9 Å². The molecule has 0 fully saturated rings. The zero-order chi connectivity index (χ0) is 19.6.